The quantitative estimate of drug-likeness (QED) is 0.114. The van der Waals surface area contributed by atoms with Gasteiger partial charge < -0.3 is 28.4 Å². The van der Waals surface area contributed by atoms with Crippen molar-refractivity contribution < 1.29 is 28.8 Å². The van der Waals surface area contributed by atoms with Crippen molar-refractivity contribution in [1.29, 1.82) is 0 Å². The maximum Gasteiger partial charge on any atom is 0.252 e. The highest BCUT2D eigenvalue weighted by molar-refractivity contribution is 7.00. The minimum Gasteiger partial charge on any atom is -0.311 e. The first-order valence-corrected chi connectivity index (χ1v) is 39.2. The lowest BCUT2D eigenvalue weighted by molar-refractivity contribution is 0.590. The summed E-state index contributed by atoms with van der Waals surface area (Å²) in [7, 11) is 0. The Hall–Kier alpha value is -14.4. The molecule has 2 aliphatic rings. The number of para-hydroxylation sites is 5. The fourth-order valence-corrected chi connectivity index (χ4v) is 17.7. The first kappa shape index (κ1) is 50.7. The van der Waals surface area contributed by atoms with E-state index < -0.39 is 134 Å². The van der Waals surface area contributed by atoms with Gasteiger partial charge in [0.15, 0.2) is 0 Å². The van der Waals surface area contributed by atoms with E-state index in [1.54, 1.807) is 33.7 Å². The minimum absolute atomic E-state index is 0.139. The highest BCUT2D eigenvalue weighted by Gasteiger charge is 2.45. The number of benzene rings is 17. The summed E-state index contributed by atoms with van der Waals surface area (Å²) in [6, 6.07) is 76.2. The van der Waals surface area contributed by atoms with Gasteiger partial charge in [0.05, 0.1) is 67.6 Å². The van der Waals surface area contributed by atoms with Crippen molar-refractivity contribution in [2.75, 3.05) is 14.7 Å². The van der Waals surface area contributed by atoms with Gasteiger partial charge in [-0.05, 0) is 240 Å². The summed E-state index contributed by atoms with van der Waals surface area (Å²) in [5.74, 6) is 0. The first-order valence-electron chi connectivity index (χ1n) is 49.7. The van der Waals surface area contributed by atoms with E-state index >= 15 is 0 Å². The van der Waals surface area contributed by atoms with Gasteiger partial charge >= 0.3 is 0 Å². The lowest BCUT2D eigenvalue weighted by atomic mass is 9.33. The molecule has 7 heteroatoms. The molecule has 0 fully saturated rings. The second kappa shape index (κ2) is 27.2. The molecule has 0 radical (unpaired) electrons. The van der Waals surface area contributed by atoms with Crippen molar-refractivity contribution in [1.82, 2.24) is 13.7 Å². The van der Waals surface area contributed by atoms with Crippen LogP contribution in [0, 0.1) is 0 Å². The molecule has 3 aromatic heterocycles. The zero-order chi connectivity index (χ0) is 96.6. The molecule has 5 heterocycles. The van der Waals surface area contributed by atoms with Crippen LogP contribution in [0.2, 0.25) is 0 Å². The maximum absolute atomic E-state index is 10.3. The number of aromatic nitrogens is 3. The van der Waals surface area contributed by atoms with Gasteiger partial charge in [0.25, 0.3) is 6.71 Å². The van der Waals surface area contributed by atoms with Crippen molar-refractivity contribution in [2.45, 2.75) is 52.4 Å². The zero-order valence-electron chi connectivity index (χ0n) is 85.7. The Morgan fingerprint density at radius 3 is 1.02 bits per heavy atom. The molecule has 6 nitrogen and oxygen atoms in total. The van der Waals surface area contributed by atoms with Crippen LogP contribution >= 0.6 is 0 Å². The molecule has 0 N–H and O–H groups in total. The monoisotopic (exact) mass is 1520 g/mol. The van der Waals surface area contributed by atoms with Crippen LogP contribution in [0.25, 0.3) is 127 Å². The molecule has 20 aromatic rings. The van der Waals surface area contributed by atoms with Gasteiger partial charge in [-0.15, -0.1) is 0 Å². The Bertz CT molecular complexity index is 8320. The average molecular weight is 1520 g/mol. The smallest absolute Gasteiger partial charge is 0.252 e. The fourth-order valence-electron chi connectivity index (χ4n) is 17.7. The van der Waals surface area contributed by atoms with E-state index in [4.69, 9.17) is 6.85 Å². The van der Waals surface area contributed by atoms with E-state index in [2.05, 4.69) is 171 Å². The Morgan fingerprint density at radius 2 is 0.598 bits per heavy atom. The number of hydrogen-bond acceptors (Lipinski definition) is 3. The van der Waals surface area contributed by atoms with Crippen LogP contribution in [0.3, 0.4) is 0 Å². The van der Waals surface area contributed by atoms with Gasteiger partial charge in [-0.1, -0.05) is 278 Å². The number of rotatable bonds is 12. The van der Waals surface area contributed by atoms with Crippen LogP contribution in [-0.4, -0.2) is 20.4 Å². The van der Waals surface area contributed by atoms with Gasteiger partial charge in [-0.2, -0.15) is 0 Å². The number of nitrogens with zero attached hydrogens (tertiary/aromatic N) is 6. The molecular formula is C110H83BN6. The molecule has 0 atom stereocenters. The Morgan fingerprint density at radius 1 is 0.248 bits per heavy atom. The molecule has 0 saturated heterocycles. The van der Waals surface area contributed by atoms with Crippen molar-refractivity contribution in [3.8, 4) is 61.6 Å². The van der Waals surface area contributed by atoms with Gasteiger partial charge in [0.1, 0.15) is 0 Å². The summed E-state index contributed by atoms with van der Waals surface area (Å²) in [5, 5.41) is 1.49. The van der Waals surface area contributed by atoms with Crippen LogP contribution < -0.4 is 31.1 Å². The maximum atomic E-state index is 10.3. The molecule has 2 aliphatic heterocycles. The molecule has 0 bridgehead atoms. The molecule has 22 rings (SSSR count). The Balaban J connectivity index is 0.911. The fraction of sp³-hybridized carbons (Fsp3) is 0.0727. The second-order valence-electron chi connectivity index (χ2n) is 32.2. The zero-order valence-corrected chi connectivity index (χ0v) is 64.7. The van der Waals surface area contributed by atoms with E-state index in [0.29, 0.717) is 45.0 Å². The summed E-state index contributed by atoms with van der Waals surface area (Å²) in [6.45, 7) is 12.4. The number of hydrogen-bond donors (Lipinski definition) is 0. The molecule has 0 spiro atoms. The molecule has 17 aromatic carbocycles. The Labute approximate surface area is 712 Å². The largest absolute Gasteiger partial charge is 0.311 e. The SMILES string of the molecule is [2H]c1c([2H])c([2H])c(N(c2ccc(-n3c4c([2H])c([2H])c([2H])c([2H])c4c4c([2H])c([2H])c([2H])c([2H])c43)cc2)c2ccc3c(c2)N(c2cc(-c4ccccc4)cc(-c4ccccc4)c2)c2cc(-n4c5c([2H])c([2H])c([2H])c([2H])c5c5c([2H])c([2H])c([2H])c([2H])c54)cc4c2B3c2ccc(-n3c5ccc(C(C)(C)C)cc5c5cc(C(C)(C)C)ccc53)cc2N4c2cc(-c3ccccc3)cc(-c3ccccc3)c2)c([2H])c1[2H]. The van der Waals surface area contributed by atoms with Gasteiger partial charge in [-0.25, -0.2) is 0 Å². The van der Waals surface area contributed by atoms with Crippen LogP contribution in [0.15, 0.2) is 394 Å². The molecule has 556 valence electrons. The highest BCUT2D eigenvalue weighted by atomic mass is 15.2. The third-order valence-electron chi connectivity index (χ3n) is 23.2. The van der Waals surface area contributed by atoms with E-state index in [1.807, 2.05) is 127 Å². The summed E-state index contributed by atoms with van der Waals surface area (Å²) in [5.41, 5.74) is 16.5. The summed E-state index contributed by atoms with van der Waals surface area (Å²) in [6.07, 6.45) is 0. The average Bonchev–Trinajstić information content (AvgIpc) is 1.39. The molecule has 0 aliphatic carbocycles. The minimum atomic E-state index is -0.848. The highest BCUT2D eigenvalue weighted by Crippen LogP contribution is 2.52. The normalized spacial score (nSPS) is 15.2. The lowest BCUT2D eigenvalue weighted by Gasteiger charge is -2.45. The van der Waals surface area contributed by atoms with Crippen molar-refractivity contribution in [2.24, 2.45) is 0 Å². The molecule has 0 amide bonds. The summed E-state index contributed by atoms with van der Waals surface area (Å²) in [4.78, 5) is 5.90. The first-order chi connectivity index (χ1) is 66.0. The summed E-state index contributed by atoms with van der Waals surface area (Å²) < 4.78 is 205. The third-order valence-corrected chi connectivity index (χ3v) is 23.2. The standard InChI is InChI=1S/C110H83BN6/c1-109(2,3)80-48-58-102-94(66-80)95-67-81(110(4,5)6)49-59-103(95)114(102)86-55-57-97-105(69-86)117(88-64-78(74-34-16-9-17-35-74)61-79(65-88)75-36-18-10-19-37-75)107-71-89(115-100-46-28-24-42-92(100)93-43-25-29-47-101(93)115)70-106-108(107)111(97)96-56-54-85(68-104(96)116(106)87-62-76(72-30-12-7-13-31-72)60-77(63-87)73-32-14-8-15-33-73)112(82-38-20-11-21-39-82)83-50-52-84(53-51-83)113-98-44-26-22-40-90(98)91-41-23-27-45-99(91)113/h7-71H,1-6H3/i11D,20D,21D,22D,23D,24D,25D,26D,27D,28D,29D,38D,39D,40D,41D,42D,43D,44D,45D,46D,47D. The molecule has 117 heavy (non-hydrogen) atoms. The van der Waals surface area contributed by atoms with Crippen molar-refractivity contribution in [3.63, 3.8) is 0 Å². The van der Waals surface area contributed by atoms with E-state index in [0.717, 1.165) is 88.6 Å². The van der Waals surface area contributed by atoms with E-state index in [-0.39, 0.29) is 82.9 Å². The van der Waals surface area contributed by atoms with Gasteiger partial charge in [0, 0.05) is 94.9 Å². The Kier molecular flexibility index (Phi) is 11.8. The molecule has 0 unspecified atom stereocenters. The van der Waals surface area contributed by atoms with E-state index in [9.17, 15) is 21.9 Å². The summed E-state index contributed by atoms with van der Waals surface area (Å²) >= 11 is 0. The predicted molar refractivity (Wildman–Crippen MR) is 497 cm³/mol. The number of anilines is 9. The predicted octanol–water partition coefficient (Wildman–Crippen LogP) is 27.8. The van der Waals surface area contributed by atoms with Crippen LogP contribution in [0.5, 0.6) is 0 Å². The van der Waals surface area contributed by atoms with Crippen LogP contribution in [-0.2, 0) is 10.8 Å². The molecule has 0 saturated carbocycles. The number of fused-ring (bicyclic) bond motifs is 13. The van der Waals surface area contributed by atoms with E-state index in [1.165, 1.54) is 4.57 Å². The van der Waals surface area contributed by atoms with Crippen LogP contribution in [0.4, 0.5) is 51.2 Å². The molecular weight excluding hydrogens is 1420 g/mol. The lowest BCUT2D eigenvalue weighted by Crippen LogP contribution is -2.61. The van der Waals surface area contributed by atoms with Crippen molar-refractivity contribution in [3.05, 3.63) is 405 Å². The third kappa shape index (κ3) is 11.5. The van der Waals surface area contributed by atoms with Gasteiger partial charge in [0.2, 0.25) is 0 Å². The van der Waals surface area contributed by atoms with Gasteiger partial charge in [-0.3, -0.25) is 0 Å². The van der Waals surface area contributed by atoms with Crippen molar-refractivity contribution >= 4 is 140 Å². The topological polar surface area (TPSA) is 24.5 Å². The second-order valence-corrected chi connectivity index (χ2v) is 32.2. The van der Waals surface area contributed by atoms with Crippen LogP contribution in [0.1, 0.15) is 81.5 Å².